The van der Waals surface area contributed by atoms with Crippen LogP contribution in [-0.2, 0) is 0 Å². The number of nitrogens with zero attached hydrogens (tertiary/aromatic N) is 4. The number of carboxylic acids is 1. The molecular formula is C23H22N4O4. The average molecular weight is 418 g/mol. The molecule has 8 nitrogen and oxygen atoms in total. The first kappa shape index (κ1) is 19.3. The highest BCUT2D eigenvalue weighted by atomic mass is 16.5. The molecule has 1 saturated heterocycles. The largest absolute Gasteiger partial charge is 0.490 e. The van der Waals surface area contributed by atoms with E-state index in [4.69, 9.17) is 9.84 Å². The SMILES string of the molecule is O=C(O)c1ccn(C(=O)N2C[C@H]3CC(Oc4ccccc4-c4cccnc4)C[C@H]3C2)n1. The molecule has 3 heterocycles. The number of aromatic carboxylic acids is 1. The molecule has 2 fully saturated rings. The second kappa shape index (κ2) is 7.86. The quantitative estimate of drug-likeness (QED) is 0.697. The maximum Gasteiger partial charge on any atom is 0.356 e. The number of carboxylic acid groups (broad SMARTS) is 1. The molecule has 1 aliphatic carbocycles. The first-order chi connectivity index (χ1) is 15.1. The number of rotatable bonds is 4. The van der Waals surface area contributed by atoms with Crippen LogP contribution in [0.5, 0.6) is 5.75 Å². The van der Waals surface area contributed by atoms with Gasteiger partial charge in [-0.1, -0.05) is 24.3 Å². The van der Waals surface area contributed by atoms with E-state index in [0.717, 1.165) is 34.4 Å². The Hall–Kier alpha value is -3.68. The van der Waals surface area contributed by atoms with Crippen LogP contribution in [0, 0.1) is 11.8 Å². The monoisotopic (exact) mass is 418 g/mol. The summed E-state index contributed by atoms with van der Waals surface area (Å²) in [5.41, 5.74) is 1.92. The van der Waals surface area contributed by atoms with Gasteiger partial charge in [-0.05, 0) is 42.9 Å². The fourth-order valence-electron chi connectivity index (χ4n) is 4.70. The van der Waals surface area contributed by atoms with Crippen molar-refractivity contribution in [3.8, 4) is 16.9 Å². The number of amides is 1. The Kier molecular flexibility index (Phi) is 4.89. The predicted molar refractivity (Wildman–Crippen MR) is 112 cm³/mol. The lowest BCUT2D eigenvalue weighted by Crippen LogP contribution is -2.34. The van der Waals surface area contributed by atoms with Crippen LogP contribution < -0.4 is 4.74 Å². The molecule has 1 aliphatic heterocycles. The fourth-order valence-corrected chi connectivity index (χ4v) is 4.70. The van der Waals surface area contributed by atoms with Gasteiger partial charge in [0.15, 0.2) is 5.69 Å². The van der Waals surface area contributed by atoms with Crippen LogP contribution in [-0.4, -0.2) is 56.0 Å². The molecule has 1 saturated carbocycles. The Morgan fingerprint density at radius 2 is 1.81 bits per heavy atom. The molecule has 2 aliphatic rings. The summed E-state index contributed by atoms with van der Waals surface area (Å²) in [6.07, 6.45) is 6.86. The van der Waals surface area contributed by atoms with Gasteiger partial charge in [0.1, 0.15) is 5.75 Å². The Balaban J connectivity index is 1.23. The van der Waals surface area contributed by atoms with Crippen molar-refractivity contribution in [3.05, 3.63) is 66.7 Å². The standard InChI is InChI=1S/C23H22N4O4/c28-22(29)20-7-9-27(25-20)23(30)26-13-16-10-18(11-17(16)14-26)31-21-6-2-1-5-19(21)15-4-3-8-24-12-15/h1-9,12,16-18H,10-11,13-14H2,(H,28,29)/t16-,17+,18?. The summed E-state index contributed by atoms with van der Waals surface area (Å²) in [4.78, 5) is 29.7. The van der Waals surface area contributed by atoms with Crippen LogP contribution >= 0.6 is 0 Å². The van der Waals surface area contributed by atoms with Crippen molar-refractivity contribution in [1.82, 2.24) is 19.7 Å². The molecule has 2 aromatic heterocycles. The van der Waals surface area contributed by atoms with E-state index < -0.39 is 5.97 Å². The zero-order valence-corrected chi connectivity index (χ0v) is 16.8. The number of hydrogen-bond donors (Lipinski definition) is 1. The van der Waals surface area contributed by atoms with E-state index in [2.05, 4.69) is 10.1 Å². The molecule has 5 rings (SSSR count). The second-order valence-electron chi connectivity index (χ2n) is 8.11. The van der Waals surface area contributed by atoms with Crippen molar-refractivity contribution in [2.24, 2.45) is 11.8 Å². The molecule has 0 spiro atoms. The second-order valence-corrected chi connectivity index (χ2v) is 8.11. The first-order valence-electron chi connectivity index (χ1n) is 10.3. The van der Waals surface area contributed by atoms with Gasteiger partial charge in [0.25, 0.3) is 0 Å². The molecule has 3 atom stereocenters. The molecule has 1 amide bonds. The zero-order valence-electron chi connectivity index (χ0n) is 16.8. The van der Waals surface area contributed by atoms with Crippen molar-refractivity contribution < 1.29 is 19.4 Å². The average Bonchev–Trinajstić information content (AvgIpc) is 3.49. The van der Waals surface area contributed by atoms with Gasteiger partial charge in [-0.15, -0.1) is 0 Å². The minimum atomic E-state index is -1.14. The third kappa shape index (κ3) is 3.76. The van der Waals surface area contributed by atoms with Crippen LogP contribution in [0.2, 0.25) is 0 Å². The highest BCUT2D eigenvalue weighted by molar-refractivity contribution is 5.86. The summed E-state index contributed by atoms with van der Waals surface area (Å²) in [5.74, 6) is 0.450. The number of para-hydroxylation sites is 1. The van der Waals surface area contributed by atoms with Gasteiger partial charge in [-0.2, -0.15) is 9.78 Å². The summed E-state index contributed by atoms with van der Waals surface area (Å²) < 4.78 is 7.51. The van der Waals surface area contributed by atoms with E-state index in [0.29, 0.717) is 24.9 Å². The number of aromatic nitrogens is 3. The smallest absolute Gasteiger partial charge is 0.356 e. The minimum Gasteiger partial charge on any atom is -0.490 e. The van der Waals surface area contributed by atoms with E-state index >= 15 is 0 Å². The van der Waals surface area contributed by atoms with Gasteiger partial charge >= 0.3 is 12.0 Å². The van der Waals surface area contributed by atoms with Gasteiger partial charge in [-0.3, -0.25) is 4.98 Å². The minimum absolute atomic E-state index is 0.105. The van der Waals surface area contributed by atoms with E-state index in [9.17, 15) is 9.59 Å². The van der Waals surface area contributed by atoms with Gasteiger partial charge < -0.3 is 14.7 Å². The highest BCUT2D eigenvalue weighted by Crippen LogP contribution is 2.41. The summed E-state index contributed by atoms with van der Waals surface area (Å²) in [7, 11) is 0. The topological polar surface area (TPSA) is 97.5 Å². The molecule has 158 valence electrons. The van der Waals surface area contributed by atoms with Crippen LogP contribution in [0.4, 0.5) is 4.79 Å². The number of carbonyl (C=O) groups excluding carboxylic acids is 1. The third-order valence-corrected chi connectivity index (χ3v) is 6.14. The number of pyridine rings is 1. The summed E-state index contributed by atoms with van der Waals surface area (Å²) >= 11 is 0. The van der Waals surface area contributed by atoms with Crippen molar-refractivity contribution in [3.63, 3.8) is 0 Å². The molecule has 0 bridgehead atoms. The third-order valence-electron chi connectivity index (χ3n) is 6.14. The number of hydrogen-bond acceptors (Lipinski definition) is 5. The van der Waals surface area contributed by atoms with Crippen LogP contribution in [0.3, 0.4) is 0 Å². The predicted octanol–water partition coefficient (Wildman–Crippen LogP) is 3.40. The molecule has 1 N–H and O–H groups in total. The first-order valence-corrected chi connectivity index (χ1v) is 10.3. The Morgan fingerprint density at radius 3 is 2.48 bits per heavy atom. The summed E-state index contributed by atoms with van der Waals surface area (Å²) in [6.45, 7) is 1.27. The van der Waals surface area contributed by atoms with Crippen molar-refractivity contribution >= 4 is 12.0 Å². The molecule has 1 unspecified atom stereocenters. The van der Waals surface area contributed by atoms with Gasteiger partial charge in [0.2, 0.25) is 0 Å². The lowest BCUT2D eigenvalue weighted by Gasteiger charge is -2.21. The lowest BCUT2D eigenvalue weighted by molar-refractivity contribution is 0.0690. The van der Waals surface area contributed by atoms with Crippen LogP contribution in [0.25, 0.3) is 11.1 Å². The molecule has 3 aromatic rings. The maximum absolute atomic E-state index is 12.7. The number of ether oxygens (including phenoxy) is 1. The van der Waals surface area contributed by atoms with E-state index in [1.165, 1.54) is 12.3 Å². The van der Waals surface area contributed by atoms with Crippen LogP contribution in [0.15, 0.2) is 61.1 Å². The molecule has 31 heavy (non-hydrogen) atoms. The Labute approximate surface area is 179 Å². The van der Waals surface area contributed by atoms with E-state index in [-0.39, 0.29) is 17.8 Å². The van der Waals surface area contributed by atoms with Crippen molar-refractivity contribution in [2.45, 2.75) is 18.9 Å². The normalized spacial score (nSPS) is 22.3. The summed E-state index contributed by atoms with van der Waals surface area (Å²) in [6, 6.07) is 13.0. The highest BCUT2D eigenvalue weighted by Gasteiger charge is 2.43. The molecule has 1 aromatic carbocycles. The molecule has 8 heteroatoms. The molecule has 0 radical (unpaired) electrons. The van der Waals surface area contributed by atoms with Gasteiger partial charge in [0, 0.05) is 42.8 Å². The van der Waals surface area contributed by atoms with E-state index in [1.807, 2.05) is 42.6 Å². The van der Waals surface area contributed by atoms with Crippen molar-refractivity contribution in [2.75, 3.05) is 13.1 Å². The Bertz CT molecular complexity index is 1100. The maximum atomic E-state index is 12.7. The van der Waals surface area contributed by atoms with Gasteiger partial charge in [-0.25, -0.2) is 9.59 Å². The molecular weight excluding hydrogens is 396 g/mol. The van der Waals surface area contributed by atoms with Gasteiger partial charge in [0.05, 0.1) is 6.10 Å². The van der Waals surface area contributed by atoms with Crippen molar-refractivity contribution in [1.29, 1.82) is 0 Å². The van der Waals surface area contributed by atoms with Crippen LogP contribution in [0.1, 0.15) is 23.3 Å². The Morgan fingerprint density at radius 1 is 1.03 bits per heavy atom. The number of fused-ring (bicyclic) bond motifs is 1. The fraction of sp³-hybridized carbons (Fsp3) is 0.304. The number of benzene rings is 1. The van der Waals surface area contributed by atoms with E-state index in [1.54, 1.807) is 11.1 Å². The lowest BCUT2D eigenvalue weighted by atomic mass is 10.0. The number of carbonyl (C=O) groups is 2. The zero-order chi connectivity index (χ0) is 21.4. The summed E-state index contributed by atoms with van der Waals surface area (Å²) in [5, 5.41) is 12.9. The number of likely N-dealkylation sites (tertiary alicyclic amines) is 1.